The van der Waals surface area contributed by atoms with Gasteiger partial charge in [0, 0.05) is 24.5 Å². The number of nitrogens with two attached hydrogens (primary N) is 1. The first kappa shape index (κ1) is 34.3. The number of nitrogen functional groups attached to an aromatic ring is 1. The summed E-state index contributed by atoms with van der Waals surface area (Å²) >= 11 is 0.976. The van der Waals surface area contributed by atoms with Crippen LogP contribution in [0.15, 0.2) is 17.1 Å². The fourth-order valence-electron chi connectivity index (χ4n) is 3.37. The molecular weight excluding hydrogens is 571 g/mol. The molecule has 1 aromatic rings. The van der Waals surface area contributed by atoms with E-state index in [-0.39, 0.29) is 23.3 Å². The van der Waals surface area contributed by atoms with Crippen LogP contribution in [0.3, 0.4) is 0 Å². The summed E-state index contributed by atoms with van der Waals surface area (Å²) in [7, 11) is -3.22. The number of hydrogen-bond donors (Lipinski definition) is 4. The second kappa shape index (κ2) is 13.9. The van der Waals surface area contributed by atoms with Gasteiger partial charge in [0.05, 0.1) is 12.7 Å². The lowest BCUT2D eigenvalue weighted by molar-refractivity contribution is -0.267. The number of aliphatic hydroxyl groups excluding tert-OH is 2. The Labute approximate surface area is 236 Å². The molecule has 17 heteroatoms. The lowest BCUT2D eigenvalue weighted by atomic mass is 10.00. The van der Waals surface area contributed by atoms with E-state index in [1.54, 1.807) is 34.6 Å². The average molecular weight is 611 g/mol. The molecule has 15 nitrogen and oxygen atoms in total. The van der Waals surface area contributed by atoms with Crippen LogP contribution in [0.2, 0.25) is 0 Å². The first-order valence-electron chi connectivity index (χ1n) is 12.4. The minimum absolute atomic E-state index is 0.0627. The number of carbonyl (C=O) groups is 2. The van der Waals surface area contributed by atoms with Gasteiger partial charge in [0.25, 0.3) is 0 Å². The lowest BCUT2D eigenvalue weighted by Gasteiger charge is -2.32. The van der Waals surface area contributed by atoms with E-state index in [0.717, 1.165) is 23.4 Å². The third-order valence-electron chi connectivity index (χ3n) is 5.54. The van der Waals surface area contributed by atoms with Crippen molar-refractivity contribution in [1.29, 1.82) is 0 Å². The van der Waals surface area contributed by atoms with E-state index in [0.29, 0.717) is 0 Å². The maximum Gasteiger partial charge on any atom is 0.406 e. The summed E-state index contributed by atoms with van der Waals surface area (Å²) in [5.41, 5.74) is 4.05. The molecule has 2 heterocycles. The molecule has 40 heavy (non-hydrogen) atoms. The van der Waals surface area contributed by atoms with Crippen molar-refractivity contribution >= 4 is 36.4 Å². The van der Waals surface area contributed by atoms with Crippen LogP contribution in [0.5, 0.6) is 0 Å². The Balaban J connectivity index is 2.23. The van der Waals surface area contributed by atoms with Crippen LogP contribution in [0, 0.1) is 5.41 Å². The van der Waals surface area contributed by atoms with Gasteiger partial charge in [0.1, 0.15) is 30.7 Å². The fraction of sp³-hybridized carbons (Fsp3) is 0.739. The Kier molecular flexibility index (Phi) is 11.9. The van der Waals surface area contributed by atoms with Crippen LogP contribution >= 0.6 is 19.5 Å². The molecule has 1 fully saturated rings. The normalized spacial score (nSPS) is 25.5. The molecule has 5 N–H and O–H groups in total. The summed E-state index contributed by atoms with van der Waals surface area (Å²) in [5.74, 6) is -2.79. The lowest BCUT2D eigenvalue weighted by Crippen LogP contribution is -2.49. The van der Waals surface area contributed by atoms with Gasteiger partial charge in [-0.05, 0) is 26.8 Å². The summed E-state index contributed by atoms with van der Waals surface area (Å²) in [4.78, 5) is 40.4. The Bertz CT molecular complexity index is 1140. The van der Waals surface area contributed by atoms with E-state index in [4.69, 9.17) is 29.0 Å². The number of anilines is 1. The molecule has 6 atom stereocenters. The number of methoxy groups -OCH3 is 1. The number of carbonyl (C=O) groups excluding carboxylic acids is 2. The van der Waals surface area contributed by atoms with E-state index < -0.39 is 67.8 Å². The number of hydrogen-bond acceptors (Lipinski definition) is 14. The standard InChI is InChI=1S/C23H39N4O11PS/c1-13(2)37-19(30)14(3)26-39(33,35-10-11-40-20(31)22(4,5)6)36-12-23(34-7)17(29)16(28)18(38-23)27-9-8-15(24)25-21(27)32/h8-9,13-14,16-18,28-29H,10-12H2,1-7H3,(H,26,33)(H2,24,25,32)/t14-,16+,17-,18+,23+,39?/m0/s1. The third-order valence-corrected chi connectivity index (χ3v) is 8.48. The van der Waals surface area contributed by atoms with Crippen molar-refractivity contribution in [3.63, 3.8) is 0 Å². The molecule has 1 aliphatic rings. The van der Waals surface area contributed by atoms with Crippen LogP contribution in [-0.2, 0) is 37.4 Å². The number of nitrogens with one attached hydrogen (secondary N) is 1. The first-order valence-corrected chi connectivity index (χ1v) is 15.0. The van der Waals surface area contributed by atoms with Crippen molar-refractivity contribution in [2.45, 2.75) is 77.9 Å². The molecule has 2 rings (SSSR count). The smallest absolute Gasteiger partial charge is 0.406 e. The van der Waals surface area contributed by atoms with Crippen molar-refractivity contribution < 1.29 is 47.6 Å². The van der Waals surface area contributed by atoms with Crippen LogP contribution < -0.4 is 16.5 Å². The fourth-order valence-corrected chi connectivity index (χ4v) is 5.76. The van der Waals surface area contributed by atoms with Crippen molar-refractivity contribution in [2.75, 3.05) is 31.8 Å². The molecule has 1 aromatic heterocycles. The zero-order valence-electron chi connectivity index (χ0n) is 23.6. The molecule has 0 spiro atoms. The van der Waals surface area contributed by atoms with E-state index in [1.807, 2.05) is 0 Å². The molecule has 1 saturated heterocycles. The van der Waals surface area contributed by atoms with Crippen molar-refractivity contribution in [3.8, 4) is 0 Å². The summed E-state index contributed by atoms with van der Waals surface area (Å²) in [6.45, 7) is 8.95. The minimum Gasteiger partial charge on any atom is -0.462 e. The van der Waals surface area contributed by atoms with Gasteiger partial charge in [0.2, 0.25) is 5.79 Å². The summed E-state index contributed by atoms with van der Waals surface area (Å²) < 4.78 is 41.8. The van der Waals surface area contributed by atoms with Gasteiger partial charge in [-0.2, -0.15) is 4.98 Å². The molecule has 0 bridgehead atoms. The zero-order chi connectivity index (χ0) is 30.5. The molecule has 0 saturated carbocycles. The van der Waals surface area contributed by atoms with Gasteiger partial charge in [-0.15, -0.1) is 0 Å². The highest BCUT2D eigenvalue weighted by Gasteiger charge is 2.57. The average Bonchev–Trinajstić information content (AvgIpc) is 3.10. The number of thioether (sulfide) groups is 1. The molecule has 0 aromatic carbocycles. The van der Waals surface area contributed by atoms with Crippen LogP contribution in [0.4, 0.5) is 5.82 Å². The third kappa shape index (κ3) is 8.81. The van der Waals surface area contributed by atoms with Gasteiger partial charge in [-0.25, -0.2) is 14.4 Å². The summed E-state index contributed by atoms with van der Waals surface area (Å²) in [5, 5.41) is 23.8. The molecular formula is C23H39N4O11PS. The highest BCUT2D eigenvalue weighted by Crippen LogP contribution is 2.48. The Morgan fingerprint density at radius 3 is 2.50 bits per heavy atom. The van der Waals surface area contributed by atoms with Crippen LogP contribution in [0.25, 0.3) is 0 Å². The second-order valence-electron chi connectivity index (χ2n) is 10.3. The van der Waals surface area contributed by atoms with E-state index >= 15 is 0 Å². The monoisotopic (exact) mass is 610 g/mol. The van der Waals surface area contributed by atoms with E-state index in [1.165, 1.54) is 19.2 Å². The Morgan fingerprint density at radius 1 is 1.30 bits per heavy atom. The van der Waals surface area contributed by atoms with Crippen molar-refractivity contribution in [2.24, 2.45) is 5.41 Å². The van der Waals surface area contributed by atoms with Crippen LogP contribution in [0.1, 0.15) is 47.8 Å². The van der Waals surface area contributed by atoms with E-state index in [2.05, 4.69) is 10.1 Å². The SMILES string of the molecule is CO[C@]1(COP(=O)(N[C@@H](C)C(=O)OC(C)C)OCCSC(=O)C(C)(C)C)O[C@@H](n2ccc(N)nc2=O)[C@H](O)[C@@H]1O. The number of nitrogens with zero attached hydrogens (tertiary/aromatic N) is 2. The largest absolute Gasteiger partial charge is 0.462 e. The molecule has 1 unspecified atom stereocenters. The molecule has 0 amide bonds. The molecule has 1 aliphatic heterocycles. The zero-order valence-corrected chi connectivity index (χ0v) is 25.3. The van der Waals surface area contributed by atoms with Gasteiger partial charge in [-0.1, -0.05) is 32.5 Å². The van der Waals surface area contributed by atoms with Gasteiger partial charge < -0.3 is 30.2 Å². The van der Waals surface area contributed by atoms with Gasteiger partial charge >= 0.3 is 19.4 Å². The predicted molar refractivity (Wildman–Crippen MR) is 145 cm³/mol. The molecule has 0 radical (unpaired) electrons. The Morgan fingerprint density at radius 2 is 1.95 bits per heavy atom. The van der Waals surface area contributed by atoms with Crippen LogP contribution in [-0.4, -0.2) is 87.1 Å². The summed E-state index contributed by atoms with van der Waals surface area (Å²) in [6.07, 6.45) is -4.18. The predicted octanol–water partition coefficient (Wildman–Crippen LogP) is 0.796. The maximum absolute atomic E-state index is 13.7. The molecule has 0 aliphatic carbocycles. The number of aliphatic hydroxyl groups is 2. The quantitative estimate of drug-likeness (QED) is 0.138. The highest BCUT2D eigenvalue weighted by molar-refractivity contribution is 8.13. The Hall–Kier alpha value is -1.88. The van der Waals surface area contributed by atoms with Gasteiger partial charge in [0.15, 0.2) is 11.3 Å². The van der Waals surface area contributed by atoms with E-state index in [9.17, 15) is 29.2 Å². The minimum atomic E-state index is -4.36. The highest BCUT2D eigenvalue weighted by atomic mass is 32.2. The maximum atomic E-state index is 13.7. The number of ether oxygens (including phenoxy) is 3. The van der Waals surface area contributed by atoms with Gasteiger partial charge in [-0.3, -0.25) is 23.2 Å². The van der Waals surface area contributed by atoms with Crippen molar-refractivity contribution in [3.05, 3.63) is 22.7 Å². The van der Waals surface area contributed by atoms with Crippen molar-refractivity contribution in [1.82, 2.24) is 14.6 Å². The number of esters is 1. The molecule has 228 valence electrons. The topological polar surface area (TPSA) is 211 Å². The number of rotatable bonds is 13. The first-order chi connectivity index (χ1) is 18.4. The second-order valence-corrected chi connectivity index (χ2v) is 13.2. The number of aromatic nitrogens is 2. The summed E-state index contributed by atoms with van der Waals surface area (Å²) in [6, 6.07) is 0.141.